The van der Waals surface area contributed by atoms with Crippen molar-refractivity contribution in [2.75, 3.05) is 20.3 Å². The highest BCUT2D eigenvalue weighted by molar-refractivity contribution is 5.75. The maximum Gasteiger partial charge on any atom is 0.323 e. The smallest absolute Gasteiger partial charge is 0.323 e. The minimum Gasteiger partial charge on any atom is -0.468 e. The average molecular weight is 199 g/mol. The third-order valence-corrected chi connectivity index (χ3v) is 2.11. The summed E-state index contributed by atoms with van der Waals surface area (Å²) in [5, 5.41) is 8.74. The van der Waals surface area contributed by atoms with Crippen molar-refractivity contribution in [1.82, 2.24) is 0 Å². The van der Waals surface area contributed by atoms with Crippen LogP contribution in [0.4, 0.5) is 0 Å². The van der Waals surface area contributed by atoms with Gasteiger partial charge in [0.25, 0.3) is 0 Å². The van der Waals surface area contributed by atoms with E-state index in [9.17, 15) is 4.79 Å². The van der Waals surface area contributed by atoms with Crippen molar-refractivity contribution in [3.8, 4) is 6.07 Å². The normalized spacial score (nSPS) is 21.2. The van der Waals surface area contributed by atoms with Crippen molar-refractivity contribution < 1.29 is 19.0 Å². The summed E-state index contributed by atoms with van der Waals surface area (Å²) in [4.78, 5) is 11.1. The minimum atomic E-state index is -0.830. The van der Waals surface area contributed by atoms with Crippen LogP contribution in [-0.4, -0.2) is 32.1 Å². The van der Waals surface area contributed by atoms with Gasteiger partial charge < -0.3 is 14.2 Å². The van der Waals surface area contributed by atoms with Crippen LogP contribution in [0.1, 0.15) is 13.3 Å². The molecule has 78 valence electrons. The minimum absolute atomic E-state index is 0.205. The molecule has 1 rings (SSSR count). The molecule has 5 heteroatoms. The monoisotopic (exact) mass is 199 g/mol. The third-order valence-electron chi connectivity index (χ3n) is 2.11. The Balaban J connectivity index is 2.56. The number of carbonyl (C=O) groups excluding carboxylic acids is 1. The van der Waals surface area contributed by atoms with Gasteiger partial charge in [-0.05, 0) is 6.92 Å². The molecule has 0 bridgehead atoms. The molecule has 5 nitrogen and oxygen atoms in total. The summed E-state index contributed by atoms with van der Waals surface area (Å²) in [5.41, 5.74) is 0. The summed E-state index contributed by atoms with van der Waals surface area (Å²) in [6.45, 7) is 2.71. The third kappa shape index (κ3) is 2.44. The van der Waals surface area contributed by atoms with Gasteiger partial charge in [-0.1, -0.05) is 0 Å². The molecule has 0 spiro atoms. The molecule has 0 amide bonds. The number of hydrogen-bond acceptors (Lipinski definition) is 5. The zero-order chi connectivity index (χ0) is 10.6. The SMILES string of the molecule is COC(=O)[C@@H](C#N)CC1(C)OCCO1. The fraction of sp³-hybridized carbons (Fsp3) is 0.778. The fourth-order valence-electron chi connectivity index (χ4n) is 1.37. The molecule has 0 aromatic rings. The number of hydrogen-bond donors (Lipinski definition) is 0. The van der Waals surface area contributed by atoms with Crippen LogP contribution in [0, 0.1) is 17.2 Å². The van der Waals surface area contributed by atoms with Crippen molar-refractivity contribution in [3.63, 3.8) is 0 Å². The highest BCUT2D eigenvalue weighted by Crippen LogP contribution is 2.26. The molecule has 0 radical (unpaired) electrons. The highest BCUT2D eigenvalue weighted by Gasteiger charge is 2.36. The van der Waals surface area contributed by atoms with E-state index in [-0.39, 0.29) is 6.42 Å². The first-order valence-corrected chi connectivity index (χ1v) is 4.36. The molecule has 0 saturated carbocycles. The number of nitrogens with zero attached hydrogens (tertiary/aromatic N) is 1. The molecular formula is C9H13NO4. The van der Waals surface area contributed by atoms with E-state index in [1.165, 1.54) is 7.11 Å². The lowest BCUT2D eigenvalue weighted by atomic mass is 10.0. The van der Waals surface area contributed by atoms with Crippen molar-refractivity contribution >= 4 is 5.97 Å². The van der Waals surface area contributed by atoms with Crippen molar-refractivity contribution in [2.24, 2.45) is 5.92 Å². The molecule has 0 aliphatic carbocycles. The van der Waals surface area contributed by atoms with E-state index in [1.807, 2.05) is 6.07 Å². The summed E-state index contributed by atoms with van der Waals surface area (Å²) >= 11 is 0. The number of methoxy groups -OCH3 is 1. The fourth-order valence-corrected chi connectivity index (χ4v) is 1.37. The first kappa shape index (κ1) is 11.0. The summed E-state index contributed by atoms with van der Waals surface area (Å²) in [5.74, 6) is -2.20. The number of esters is 1. The van der Waals surface area contributed by atoms with E-state index in [0.717, 1.165) is 0 Å². The van der Waals surface area contributed by atoms with Crippen LogP contribution in [0.3, 0.4) is 0 Å². The van der Waals surface area contributed by atoms with Crippen LogP contribution in [0.5, 0.6) is 0 Å². The van der Waals surface area contributed by atoms with Crippen LogP contribution >= 0.6 is 0 Å². The number of ether oxygens (including phenoxy) is 3. The Morgan fingerprint density at radius 1 is 1.64 bits per heavy atom. The van der Waals surface area contributed by atoms with Gasteiger partial charge in [-0.15, -0.1) is 0 Å². The van der Waals surface area contributed by atoms with Gasteiger partial charge in [-0.2, -0.15) is 5.26 Å². The zero-order valence-corrected chi connectivity index (χ0v) is 8.28. The summed E-state index contributed by atoms with van der Waals surface area (Å²) in [7, 11) is 1.26. The Kier molecular flexibility index (Phi) is 3.44. The van der Waals surface area contributed by atoms with Crippen molar-refractivity contribution in [3.05, 3.63) is 0 Å². The maximum atomic E-state index is 11.1. The van der Waals surface area contributed by atoms with Gasteiger partial charge in [-0.25, -0.2) is 0 Å². The predicted molar refractivity (Wildman–Crippen MR) is 46.0 cm³/mol. The molecule has 14 heavy (non-hydrogen) atoms. The average Bonchev–Trinajstić information content (AvgIpc) is 2.61. The number of rotatable bonds is 3. The Hall–Kier alpha value is -1.12. The second-order valence-corrected chi connectivity index (χ2v) is 3.24. The Morgan fingerprint density at radius 3 is 2.64 bits per heavy atom. The first-order chi connectivity index (χ1) is 6.61. The second-order valence-electron chi connectivity index (χ2n) is 3.24. The lowest BCUT2D eigenvalue weighted by Gasteiger charge is -2.23. The van der Waals surface area contributed by atoms with Crippen molar-refractivity contribution in [2.45, 2.75) is 19.1 Å². The summed E-state index contributed by atoms with van der Waals surface area (Å²) < 4.78 is 15.1. The largest absolute Gasteiger partial charge is 0.468 e. The lowest BCUT2D eigenvalue weighted by Crippen LogP contribution is -2.31. The van der Waals surface area contributed by atoms with Gasteiger partial charge in [0, 0.05) is 6.42 Å². The Bertz CT molecular complexity index is 252. The molecule has 1 heterocycles. The molecule has 1 atom stereocenters. The van der Waals surface area contributed by atoms with Crippen LogP contribution < -0.4 is 0 Å². The summed E-state index contributed by atoms with van der Waals surface area (Å²) in [6, 6.07) is 1.87. The van der Waals surface area contributed by atoms with E-state index in [4.69, 9.17) is 14.7 Å². The van der Waals surface area contributed by atoms with Gasteiger partial charge >= 0.3 is 5.97 Å². The predicted octanol–water partition coefficient (Wildman–Crippen LogP) is 0.452. The molecular weight excluding hydrogens is 186 g/mol. The van der Waals surface area contributed by atoms with E-state index in [1.54, 1.807) is 6.92 Å². The molecule has 1 aliphatic rings. The van der Waals surface area contributed by atoms with E-state index in [2.05, 4.69) is 4.74 Å². The molecule has 1 fully saturated rings. The van der Waals surface area contributed by atoms with Crippen LogP contribution in [-0.2, 0) is 19.0 Å². The van der Waals surface area contributed by atoms with Gasteiger partial charge in [0.05, 0.1) is 26.4 Å². The van der Waals surface area contributed by atoms with E-state index < -0.39 is 17.7 Å². The van der Waals surface area contributed by atoms with Crippen LogP contribution in [0.2, 0.25) is 0 Å². The number of carbonyl (C=O) groups is 1. The van der Waals surface area contributed by atoms with Gasteiger partial charge in [0.1, 0.15) is 5.92 Å². The van der Waals surface area contributed by atoms with Crippen LogP contribution in [0.15, 0.2) is 0 Å². The molecule has 1 saturated heterocycles. The highest BCUT2D eigenvalue weighted by atomic mass is 16.7. The van der Waals surface area contributed by atoms with Gasteiger partial charge in [-0.3, -0.25) is 4.79 Å². The molecule has 1 aliphatic heterocycles. The second kappa shape index (κ2) is 4.40. The lowest BCUT2D eigenvalue weighted by molar-refractivity contribution is -0.165. The molecule has 0 N–H and O–H groups in total. The first-order valence-electron chi connectivity index (χ1n) is 4.36. The number of nitriles is 1. The molecule has 0 unspecified atom stereocenters. The topological polar surface area (TPSA) is 68.6 Å². The summed E-state index contributed by atoms with van der Waals surface area (Å²) in [6.07, 6.45) is 0.205. The zero-order valence-electron chi connectivity index (χ0n) is 8.28. The standard InChI is InChI=1S/C9H13NO4/c1-9(13-3-4-14-9)5-7(6-10)8(11)12-2/h7H,3-5H2,1-2H3/t7-/m1/s1. The van der Waals surface area contributed by atoms with Crippen molar-refractivity contribution in [1.29, 1.82) is 5.26 Å². The Morgan fingerprint density at radius 2 is 2.21 bits per heavy atom. The molecule has 0 aromatic heterocycles. The van der Waals surface area contributed by atoms with Gasteiger partial charge in [0.15, 0.2) is 5.79 Å². The van der Waals surface area contributed by atoms with E-state index >= 15 is 0 Å². The Labute approximate surface area is 82.5 Å². The quantitative estimate of drug-likeness (QED) is 0.617. The van der Waals surface area contributed by atoms with E-state index in [0.29, 0.717) is 13.2 Å². The van der Waals surface area contributed by atoms with Crippen LogP contribution in [0.25, 0.3) is 0 Å². The molecule has 0 aromatic carbocycles. The maximum absolute atomic E-state index is 11.1. The van der Waals surface area contributed by atoms with Gasteiger partial charge in [0.2, 0.25) is 0 Å².